The van der Waals surface area contributed by atoms with Crippen molar-refractivity contribution < 1.29 is 14.6 Å². The molecular weight excluding hydrogens is 464 g/mol. The smallest absolute Gasteiger partial charge is 0.277 e. The molecule has 0 unspecified atom stereocenters. The minimum Gasteiger partial charge on any atom is -0.494 e. The largest absolute Gasteiger partial charge is 0.494 e. The summed E-state index contributed by atoms with van der Waals surface area (Å²) in [5.74, 6) is 0.937. The average Bonchev–Trinajstić information content (AvgIpc) is 3.26. The van der Waals surface area contributed by atoms with Crippen molar-refractivity contribution in [3.8, 4) is 22.8 Å². The lowest BCUT2D eigenvalue weighted by atomic mass is 10.1. The van der Waals surface area contributed by atoms with Crippen LogP contribution >= 0.6 is 0 Å². The molecule has 0 radical (unpaired) electrons. The lowest BCUT2D eigenvalue weighted by Crippen LogP contribution is -2.01. The van der Waals surface area contributed by atoms with Gasteiger partial charge in [-0.15, -0.1) is 0 Å². The van der Waals surface area contributed by atoms with Crippen molar-refractivity contribution in [3.63, 3.8) is 0 Å². The Morgan fingerprint density at radius 2 is 1.50 bits per heavy atom. The summed E-state index contributed by atoms with van der Waals surface area (Å²) in [6.45, 7) is 2.69. The number of aromatic nitrogens is 4. The van der Waals surface area contributed by atoms with E-state index in [2.05, 4.69) is 16.9 Å². The van der Waals surface area contributed by atoms with Crippen LogP contribution in [0.1, 0.15) is 19.8 Å². The number of ether oxygens (including phenoxy) is 1. The van der Waals surface area contributed by atoms with Gasteiger partial charge in [0.25, 0.3) is 11.4 Å². The Balaban J connectivity index is 1.74. The second-order valence-electron chi connectivity index (χ2n) is 8.08. The molecule has 0 aliphatic heterocycles. The molecule has 0 saturated carbocycles. The Hall–Kier alpha value is -4.93. The molecule has 0 aliphatic carbocycles. The number of unbranched alkanes of at least 4 members (excludes halogenated alkanes) is 1. The number of hydrogen-bond acceptors (Lipinski definition) is 8. The minimum atomic E-state index is -0.670. The Bertz CT molecular complexity index is 1580. The molecule has 0 atom stereocenters. The van der Waals surface area contributed by atoms with Gasteiger partial charge in [0.1, 0.15) is 11.6 Å². The van der Waals surface area contributed by atoms with Crippen LogP contribution in [0.5, 0.6) is 5.75 Å². The van der Waals surface area contributed by atoms with Crippen molar-refractivity contribution in [2.45, 2.75) is 19.8 Å². The van der Waals surface area contributed by atoms with E-state index in [0.717, 1.165) is 18.9 Å². The first-order valence-corrected chi connectivity index (χ1v) is 11.3. The summed E-state index contributed by atoms with van der Waals surface area (Å²) in [6.07, 6.45) is 1.96. The first kappa shape index (κ1) is 22.8. The van der Waals surface area contributed by atoms with Crippen LogP contribution in [0.4, 0.5) is 11.4 Å². The average molecular weight is 484 g/mol. The molecule has 0 saturated heterocycles. The fourth-order valence-electron chi connectivity index (χ4n) is 3.86. The third-order valence-corrected chi connectivity index (χ3v) is 5.61. The second kappa shape index (κ2) is 9.37. The zero-order valence-corrected chi connectivity index (χ0v) is 19.2. The van der Waals surface area contributed by atoms with E-state index in [-0.39, 0.29) is 11.4 Å². The number of rotatable bonds is 8. The van der Waals surface area contributed by atoms with E-state index < -0.39 is 21.2 Å². The van der Waals surface area contributed by atoms with Crippen LogP contribution in [-0.4, -0.2) is 36.0 Å². The van der Waals surface area contributed by atoms with Gasteiger partial charge in [-0.2, -0.15) is 0 Å². The summed E-state index contributed by atoms with van der Waals surface area (Å²) in [4.78, 5) is 35.6. The van der Waals surface area contributed by atoms with Gasteiger partial charge in [0.15, 0.2) is 11.3 Å². The molecule has 0 N–H and O–H groups in total. The van der Waals surface area contributed by atoms with Crippen LogP contribution in [-0.2, 0) is 0 Å². The van der Waals surface area contributed by atoms with Crippen molar-refractivity contribution in [3.05, 3.63) is 87.0 Å². The second-order valence-corrected chi connectivity index (χ2v) is 8.08. The van der Waals surface area contributed by atoms with E-state index in [0.29, 0.717) is 40.4 Å². The third-order valence-electron chi connectivity index (χ3n) is 5.61. The Morgan fingerprint density at radius 1 is 0.861 bits per heavy atom. The van der Waals surface area contributed by atoms with Crippen LogP contribution in [0, 0.1) is 20.2 Å². The van der Waals surface area contributed by atoms with E-state index in [1.165, 1.54) is 12.1 Å². The molecule has 0 fully saturated rings. The number of fused-ring (bicyclic) bond motifs is 2. The van der Waals surface area contributed by atoms with Gasteiger partial charge in [0.2, 0.25) is 0 Å². The maximum Gasteiger partial charge on any atom is 0.277 e. The van der Waals surface area contributed by atoms with Crippen molar-refractivity contribution in [2.24, 2.45) is 0 Å². The molecule has 2 heterocycles. The van der Waals surface area contributed by atoms with E-state index in [1.807, 2.05) is 42.5 Å². The number of non-ortho nitro benzene ring substituents is 2. The highest BCUT2D eigenvalue weighted by molar-refractivity contribution is 5.86. The molecule has 0 spiro atoms. The summed E-state index contributed by atoms with van der Waals surface area (Å²) in [7, 11) is 0. The molecule has 36 heavy (non-hydrogen) atoms. The normalized spacial score (nSPS) is 11.1. The Labute approximate surface area is 204 Å². The summed E-state index contributed by atoms with van der Waals surface area (Å²) < 4.78 is 7.45. The number of para-hydroxylation sites is 2. The molecule has 11 nitrogen and oxygen atoms in total. The fraction of sp³-hybridized carbons (Fsp3) is 0.160. The van der Waals surface area contributed by atoms with Crippen molar-refractivity contribution in [1.29, 1.82) is 0 Å². The lowest BCUT2D eigenvalue weighted by Gasteiger charge is -2.11. The van der Waals surface area contributed by atoms with Crippen LogP contribution in [0.2, 0.25) is 0 Å². The van der Waals surface area contributed by atoms with E-state index in [1.54, 1.807) is 10.6 Å². The van der Waals surface area contributed by atoms with Gasteiger partial charge in [0, 0.05) is 23.4 Å². The highest BCUT2D eigenvalue weighted by Gasteiger charge is 2.23. The number of benzene rings is 3. The number of nitro groups is 2. The molecule has 0 bridgehead atoms. The zero-order chi connectivity index (χ0) is 25.2. The topological polar surface area (TPSA) is 139 Å². The summed E-state index contributed by atoms with van der Waals surface area (Å²) in [5.41, 5.74) is 2.01. The predicted molar refractivity (Wildman–Crippen MR) is 133 cm³/mol. The molecule has 3 aromatic carbocycles. The van der Waals surface area contributed by atoms with Gasteiger partial charge in [-0.05, 0) is 42.8 Å². The molecule has 5 aromatic rings. The zero-order valence-electron chi connectivity index (χ0n) is 19.2. The number of nitrogens with zero attached hydrogens (tertiary/aromatic N) is 6. The molecule has 2 aromatic heterocycles. The molecule has 180 valence electrons. The van der Waals surface area contributed by atoms with Crippen LogP contribution in [0.15, 0.2) is 66.7 Å². The number of nitro benzene ring substituents is 2. The van der Waals surface area contributed by atoms with Gasteiger partial charge in [0.05, 0.1) is 33.6 Å². The van der Waals surface area contributed by atoms with Crippen LogP contribution < -0.4 is 4.74 Å². The Morgan fingerprint density at radius 3 is 2.11 bits per heavy atom. The fourth-order valence-corrected chi connectivity index (χ4v) is 3.86. The monoisotopic (exact) mass is 484 g/mol. The molecule has 0 aliphatic rings. The minimum absolute atomic E-state index is 0.197. The standard InChI is InChI=1S/C25H20N6O5/c1-2-3-12-36-20-10-8-17(9-11-20)29-24(16-13-18(30(32)33)15-19(14-16)31(34)35)28-23-25(29)27-22-7-5-4-6-21(22)26-23/h4-11,13-15H,2-3,12H2,1H3. The maximum atomic E-state index is 11.5. The lowest BCUT2D eigenvalue weighted by molar-refractivity contribution is -0.394. The first-order valence-electron chi connectivity index (χ1n) is 11.3. The van der Waals surface area contributed by atoms with Crippen molar-refractivity contribution in [1.82, 2.24) is 19.5 Å². The van der Waals surface area contributed by atoms with Crippen LogP contribution in [0.25, 0.3) is 39.4 Å². The highest BCUT2D eigenvalue weighted by Crippen LogP contribution is 2.33. The highest BCUT2D eigenvalue weighted by atomic mass is 16.6. The van der Waals surface area contributed by atoms with E-state index in [9.17, 15) is 20.2 Å². The number of imidazole rings is 1. The SMILES string of the molecule is CCCCOc1ccc(-n2c(-c3cc([N+](=O)[O-])cc([N+](=O)[O-])c3)nc3nc4ccccc4nc32)cc1. The quantitative estimate of drug-likeness (QED) is 0.157. The van der Waals surface area contributed by atoms with Crippen LogP contribution in [0.3, 0.4) is 0 Å². The van der Waals surface area contributed by atoms with Crippen molar-refractivity contribution in [2.75, 3.05) is 6.61 Å². The van der Waals surface area contributed by atoms with Gasteiger partial charge in [-0.25, -0.2) is 15.0 Å². The van der Waals surface area contributed by atoms with Crippen molar-refractivity contribution >= 4 is 33.7 Å². The summed E-state index contributed by atoms with van der Waals surface area (Å²) in [5, 5.41) is 23.0. The van der Waals surface area contributed by atoms with Gasteiger partial charge in [-0.3, -0.25) is 24.8 Å². The summed E-state index contributed by atoms with van der Waals surface area (Å²) >= 11 is 0. The van der Waals surface area contributed by atoms with Gasteiger partial charge >= 0.3 is 0 Å². The Kier molecular flexibility index (Phi) is 5.95. The third kappa shape index (κ3) is 4.29. The predicted octanol–water partition coefficient (Wildman–Crippen LogP) is 5.63. The molecule has 11 heteroatoms. The summed E-state index contributed by atoms with van der Waals surface area (Å²) in [6, 6.07) is 18.0. The van der Waals surface area contributed by atoms with E-state index >= 15 is 0 Å². The molecule has 5 rings (SSSR count). The molecular formula is C25H20N6O5. The van der Waals surface area contributed by atoms with E-state index in [4.69, 9.17) is 9.72 Å². The first-order chi connectivity index (χ1) is 17.4. The number of hydrogen-bond donors (Lipinski definition) is 0. The van der Waals surface area contributed by atoms with Gasteiger partial charge in [-0.1, -0.05) is 25.5 Å². The molecule has 0 amide bonds. The maximum absolute atomic E-state index is 11.5. The van der Waals surface area contributed by atoms with Gasteiger partial charge < -0.3 is 4.74 Å².